The summed E-state index contributed by atoms with van der Waals surface area (Å²) in [7, 11) is 1.52. The molecule has 5 nitrogen and oxygen atoms in total. The van der Waals surface area contributed by atoms with Crippen molar-refractivity contribution in [1.29, 1.82) is 0 Å². The van der Waals surface area contributed by atoms with Crippen molar-refractivity contribution in [2.75, 3.05) is 12.4 Å². The molecule has 1 N–H and O–H groups in total. The summed E-state index contributed by atoms with van der Waals surface area (Å²) in [6, 6.07) is 11.6. The van der Waals surface area contributed by atoms with Gasteiger partial charge in [-0.05, 0) is 68.3 Å². The van der Waals surface area contributed by atoms with E-state index < -0.39 is 17.3 Å². The van der Waals surface area contributed by atoms with Gasteiger partial charge >= 0.3 is 5.97 Å². The predicted molar refractivity (Wildman–Crippen MR) is 123 cm³/mol. The number of halogens is 1. The molecule has 7 heteroatoms. The summed E-state index contributed by atoms with van der Waals surface area (Å²) in [5.74, 6) is -0.336. The summed E-state index contributed by atoms with van der Waals surface area (Å²) in [6.07, 6.45) is 0.186. The van der Waals surface area contributed by atoms with Crippen LogP contribution < -0.4 is 10.1 Å². The summed E-state index contributed by atoms with van der Waals surface area (Å²) in [5, 5.41) is 3.27. The Balaban J connectivity index is 1.80. The van der Waals surface area contributed by atoms with Gasteiger partial charge in [0.1, 0.15) is 23.1 Å². The zero-order valence-corrected chi connectivity index (χ0v) is 19.2. The van der Waals surface area contributed by atoms with E-state index in [0.29, 0.717) is 27.3 Å². The van der Waals surface area contributed by atoms with Crippen LogP contribution in [-0.2, 0) is 22.6 Å². The number of carbonyl (C=O) groups is 2. The number of hydrogen-bond donors (Lipinski definition) is 1. The Morgan fingerprint density at radius 1 is 1.16 bits per heavy atom. The molecule has 166 valence electrons. The second-order valence-corrected chi connectivity index (χ2v) is 9.59. The largest absolute Gasteiger partial charge is 0.496 e. The molecule has 0 bridgehead atoms. The molecule has 3 aromatic rings. The SMILES string of the molecule is COc1ccc(F)cc1-c1ccc2c(c1COC(=O)c1ccc(C)s1)CC(=O)C(C)(C)N2. The molecule has 0 atom stereocenters. The highest BCUT2D eigenvalue weighted by Gasteiger charge is 2.35. The maximum Gasteiger partial charge on any atom is 0.348 e. The molecule has 2 heterocycles. The summed E-state index contributed by atoms with van der Waals surface area (Å²) in [6.45, 7) is 5.53. The summed E-state index contributed by atoms with van der Waals surface area (Å²) in [5.41, 5.74) is 2.69. The van der Waals surface area contributed by atoms with Crippen molar-refractivity contribution in [3.63, 3.8) is 0 Å². The number of anilines is 1. The van der Waals surface area contributed by atoms with Gasteiger partial charge in [0.25, 0.3) is 0 Å². The Kier molecular flexibility index (Phi) is 5.77. The quantitative estimate of drug-likeness (QED) is 0.514. The van der Waals surface area contributed by atoms with E-state index in [9.17, 15) is 14.0 Å². The van der Waals surface area contributed by atoms with E-state index in [4.69, 9.17) is 9.47 Å². The number of benzene rings is 2. The second kappa shape index (κ2) is 8.39. The van der Waals surface area contributed by atoms with Crippen LogP contribution in [0.15, 0.2) is 42.5 Å². The van der Waals surface area contributed by atoms with E-state index in [1.54, 1.807) is 12.1 Å². The van der Waals surface area contributed by atoms with Gasteiger partial charge in [0, 0.05) is 28.1 Å². The number of ether oxygens (including phenoxy) is 2. The smallest absolute Gasteiger partial charge is 0.348 e. The van der Waals surface area contributed by atoms with Gasteiger partial charge in [-0.2, -0.15) is 0 Å². The molecule has 1 aliphatic rings. The molecule has 0 amide bonds. The first-order chi connectivity index (χ1) is 15.2. The highest BCUT2D eigenvalue weighted by molar-refractivity contribution is 7.13. The Labute approximate surface area is 190 Å². The minimum Gasteiger partial charge on any atom is -0.496 e. The Morgan fingerprint density at radius 3 is 2.62 bits per heavy atom. The van der Waals surface area contributed by atoms with E-state index >= 15 is 0 Å². The van der Waals surface area contributed by atoms with E-state index in [0.717, 1.165) is 16.1 Å². The number of hydrogen-bond acceptors (Lipinski definition) is 6. The lowest BCUT2D eigenvalue weighted by molar-refractivity contribution is -0.122. The highest BCUT2D eigenvalue weighted by atomic mass is 32.1. The molecule has 4 rings (SSSR count). The van der Waals surface area contributed by atoms with Crippen molar-refractivity contribution in [2.24, 2.45) is 0 Å². The predicted octanol–water partition coefficient (Wildman–Crippen LogP) is 5.54. The Hall–Kier alpha value is -3.19. The molecular formula is C25H24FNO4S. The molecule has 1 aliphatic heterocycles. The maximum absolute atomic E-state index is 14.1. The lowest BCUT2D eigenvalue weighted by atomic mass is 9.83. The Bertz CT molecular complexity index is 1210. The van der Waals surface area contributed by atoms with E-state index in [1.807, 2.05) is 39.0 Å². The number of Topliss-reactive ketones (excluding diaryl/α,β-unsaturated/α-hetero) is 1. The van der Waals surface area contributed by atoms with Gasteiger partial charge in [-0.25, -0.2) is 9.18 Å². The second-order valence-electron chi connectivity index (χ2n) is 8.30. The first-order valence-corrected chi connectivity index (χ1v) is 11.0. The van der Waals surface area contributed by atoms with Gasteiger partial charge in [-0.3, -0.25) is 4.79 Å². The third-order valence-electron chi connectivity index (χ3n) is 5.65. The molecule has 1 aromatic heterocycles. The standard InChI is InChI=1S/C25H24FNO4S/c1-14-5-10-22(32-14)24(29)31-13-19-16(18-11-15(26)6-9-21(18)30-4)7-8-20-17(19)12-23(28)25(2,3)27-20/h5-11,27H,12-13H2,1-4H3. The fraction of sp³-hybridized carbons (Fsp3) is 0.280. The van der Waals surface area contributed by atoms with Crippen LogP contribution in [0.2, 0.25) is 0 Å². The summed E-state index contributed by atoms with van der Waals surface area (Å²) in [4.78, 5) is 26.9. The third-order valence-corrected chi connectivity index (χ3v) is 6.63. The van der Waals surface area contributed by atoms with Crippen LogP contribution in [0, 0.1) is 12.7 Å². The number of rotatable bonds is 5. The first-order valence-electron chi connectivity index (χ1n) is 10.2. The van der Waals surface area contributed by atoms with Crippen LogP contribution >= 0.6 is 11.3 Å². The number of nitrogens with one attached hydrogen (secondary N) is 1. The van der Waals surface area contributed by atoms with Gasteiger partial charge in [0.05, 0.1) is 12.6 Å². The molecule has 0 radical (unpaired) electrons. The lowest BCUT2D eigenvalue weighted by Crippen LogP contribution is -2.45. The topological polar surface area (TPSA) is 64.6 Å². The number of thiophene rings is 1. The van der Waals surface area contributed by atoms with Gasteiger partial charge in [0.2, 0.25) is 0 Å². The zero-order valence-electron chi connectivity index (χ0n) is 18.4. The first kappa shape index (κ1) is 22.0. The molecule has 0 fully saturated rings. The van der Waals surface area contributed by atoms with Crippen LogP contribution in [0.5, 0.6) is 5.75 Å². The molecule has 0 aliphatic carbocycles. The minimum absolute atomic E-state index is 0.0230. The number of aryl methyl sites for hydroxylation is 1. The average molecular weight is 454 g/mol. The van der Waals surface area contributed by atoms with Crippen LogP contribution in [0.3, 0.4) is 0 Å². The van der Waals surface area contributed by atoms with Crippen molar-refractivity contribution in [3.05, 3.63) is 69.2 Å². The monoisotopic (exact) mass is 453 g/mol. The van der Waals surface area contributed by atoms with Crippen molar-refractivity contribution in [1.82, 2.24) is 0 Å². The molecular weight excluding hydrogens is 429 g/mol. The molecule has 32 heavy (non-hydrogen) atoms. The van der Waals surface area contributed by atoms with Crippen LogP contribution in [-0.4, -0.2) is 24.4 Å². The Morgan fingerprint density at radius 2 is 1.94 bits per heavy atom. The van der Waals surface area contributed by atoms with Crippen LogP contribution in [0.4, 0.5) is 10.1 Å². The molecule has 0 spiro atoms. The van der Waals surface area contributed by atoms with E-state index in [1.165, 1.54) is 30.6 Å². The maximum atomic E-state index is 14.1. The van der Waals surface area contributed by atoms with Crippen molar-refractivity contribution >= 4 is 28.8 Å². The number of ketones is 1. The summed E-state index contributed by atoms with van der Waals surface area (Å²) < 4.78 is 25.2. The third kappa shape index (κ3) is 4.12. The summed E-state index contributed by atoms with van der Waals surface area (Å²) >= 11 is 1.36. The molecule has 0 saturated carbocycles. The minimum atomic E-state index is -0.701. The number of carbonyl (C=O) groups excluding carboxylic acids is 2. The normalized spacial score (nSPS) is 14.5. The van der Waals surface area contributed by atoms with Crippen molar-refractivity contribution < 1.29 is 23.5 Å². The number of esters is 1. The van der Waals surface area contributed by atoms with Gasteiger partial charge in [-0.15, -0.1) is 11.3 Å². The average Bonchev–Trinajstić information content (AvgIpc) is 3.19. The fourth-order valence-electron chi connectivity index (χ4n) is 3.86. The van der Waals surface area contributed by atoms with Crippen molar-refractivity contribution in [2.45, 2.75) is 39.3 Å². The molecule has 2 aromatic carbocycles. The fourth-order valence-corrected chi connectivity index (χ4v) is 4.62. The molecule has 0 unspecified atom stereocenters. The molecule has 0 saturated heterocycles. The highest BCUT2D eigenvalue weighted by Crippen LogP contribution is 2.40. The van der Waals surface area contributed by atoms with Crippen LogP contribution in [0.25, 0.3) is 11.1 Å². The van der Waals surface area contributed by atoms with E-state index in [2.05, 4.69) is 5.32 Å². The van der Waals surface area contributed by atoms with E-state index in [-0.39, 0.29) is 18.8 Å². The van der Waals surface area contributed by atoms with Crippen molar-refractivity contribution in [3.8, 4) is 16.9 Å². The van der Waals surface area contributed by atoms with Gasteiger partial charge in [0.15, 0.2) is 5.78 Å². The van der Waals surface area contributed by atoms with Gasteiger partial charge in [-0.1, -0.05) is 6.07 Å². The number of methoxy groups -OCH3 is 1. The van der Waals surface area contributed by atoms with Gasteiger partial charge < -0.3 is 14.8 Å². The lowest BCUT2D eigenvalue weighted by Gasteiger charge is -2.34. The zero-order chi connectivity index (χ0) is 23.0. The van der Waals surface area contributed by atoms with Crippen LogP contribution in [0.1, 0.15) is 39.5 Å². The number of fused-ring (bicyclic) bond motifs is 1.